The van der Waals surface area contributed by atoms with E-state index in [2.05, 4.69) is 81.5 Å². The quantitative estimate of drug-likeness (QED) is 0.0261. The molecular weight excluding hydrogens is 1010 g/mol. The van der Waals surface area contributed by atoms with Gasteiger partial charge >= 0.3 is 17.9 Å². The summed E-state index contributed by atoms with van der Waals surface area (Å²) in [6, 6.07) is 0. The van der Waals surface area contributed by atoms with Crippen LogP contribution in [0.5, 0.6) is 0 Å². The number of hydrogen-bond donors (Lipinski definition) is 0. The minimum atomic E-state index is -0.781. The molecule has 0 aromatic heterocycles. The minimum Gasteiger partial charge on any atom is -0.462 e. The van der Waals surface area contributed by atoms with Crippen molar-refractivity contribution in [3.05, 3.63) is 60.8 Å². The van der Waals surface area contributed by atoms with E-state index in [1.54, 1.807) is 0 Å². The van der Waals surface area contributed by atoms with Gasteiger partial charge in [-0.3, -0.25) is 14.4 Å². The number of allylic oxidation sites excluding steroid dienone is 10. The summed E-state index contributed by atoms with van der Waals surface area (Å²) in [6.45, 7) is 6.64. The molecule has 0 saturated carbocycles. The molecule has 0 heterocycles. The first-order valence-electron chi connectivity index (χ1n) is 36.3. The molecule has 0 saturated heterocycles. The van der Waals surface area contributed by atoms with Crippen LogP contribution in [0.15, 0.2) is 60.8 Å². The zero-order valence-electron chi connectivity index (χ0n) is 55.0. The minimum absolute atomic E-state index is 0.0761. The van der Waals surface area contributed by atoms with Crippen molar-refractivity contribution in [2.24, 2.45) is 0 Å². The monoisotopic (exact) mass is 1150 g/mol. The number of rotatable bonds is 67. The van der Waals surface area contributed by atoms with Crippen LogP contribution in [0, 0.1) is 0 Å². The van der Waals surface area contributed by atoms with Gasteiger partial charge in [0.1, 0.15) is 13.2 Å². The number of carbonyl (C=O) groups is 3. The van der Waals surface area contributed by atoms with Gasteiger partial charge in [-0.05, 0) is 103 Å². The molecule has 1 atom stereocenters. The van der Waals surface area contributed by atoms with Gasteiger partial charge in [0.2, 0.25) is 0 Å². The molecule has 478 valence electrons. The fourth-order valence-corrected chi connectivity index (χ4v) is 10.7. The Bertz CT molecular complexity index is 1460. The van der Waals surface area contributed by atoms with Gasteiger partial charge in [-0.15, -0.1) is 0 Å². The van der Waals surface area contributed by atoms with E-state index in [9.17, 15) is 14.4 Å². The van der Waals surface area contributed by atoms with Crippen molar-refractivity contribution in [3.8, 4) is 0 Å². The van der Waals surface area contributed by atoms with Crippen LogP contribution in [0.4, 0.5) is 0 Å². The van der Waals surface area contributed by atoms with Gasteiger partial charge in [0.05, 0.1) is 0 Å². The van der Waals surface area contributed by atoms with Gasteiger partial charge in [0.25, 0.3) is 0 Å². The molecular formula is C76H138O6. The van der Waals surface area contributed by atoms with Crippen LogP contribution in [0.1, 0.15) is 387 Å². The van der Waals surface area contributed by atoms with E-state index in [1.807, 2.05) is 0 Å². The summed E-state index contributed by atoms with van der Waals surface area (Å²) in [7, 11) is 0. The van der Waals surface area contributed by atoms with Crippen molar-refractivity contribution in [2.45, 2.75) is 393 Å². The maximum Gasteiger partial charge on any atom is 0.306 e. The van der Waals surface area contributed by atoms with Crippen molar-refractivity contribution < 1.29 is 28.6 Å². The second-order valence-electron chi connectivity index (χ2n) is 24.5. The maximum absolute atomic E-state index is 13.0. The predicted molar refractivity (Wildman–Crippen MR) is 358 cm³/mol. The largest absolute Gasteiger partial charge is 0.462 e. The molecule has 0 aliphatic heterocycles. The number of esters is 3. The fourth-order valence-electron chi connectivity index (χ4n) is 10.7. The first kappa shape index (κ1) is 79.1. The Morgan fingerprint density at radius 3 is 0.720 bits per heavy atom. The number of ether oxygens (including phenoxy) is 3. The molecule has 0 aliphatic rings. The van der Waals surface area contributed by atoms with Crippen LogP contribution < -0.4 is 0 Å². The third-order valence-corrected chi connectivity index (χ3v) is 16.2. The summed E-state index contributed by atoms with van der Waals surface area (Å²) in [4.78, 5) is 38.4. The van der Waals surface area contributed by atoms with Gasteiger partial charge < -0.3 is 14.2 Å². The molecule has 0 fully saturated rings. The third-order valence-electron chi connectivity index (χ3n) is 16.2. The molecule has 0 rings (SSSR count). The number of unbranched alkanes of at least 4 members (excludes halogenated alkanes) is 46. The van der Waals surface area contributed by atoms with Crippen molar-refractivity contribution >= 4 is 17.9 Å². The first-order chi connectivity index (χ1) is 40.5. The molecule has 0 N–H and O–H groups in total. The molecule has 0 bridgehead atoms. The van der Waals surface area contributed by atoms with E-state index in [1.165, 1.54) is 263 Å². The summed E-state index contributed by atoms with van der Waals surface area (Å²) >= 11 is 0. The Kier molecular flexibility index (Phi) is 68.1. The van der Waals surface area contributed by atoms with Crippen LogP contribution in [-0.4, -0.2) is 37.2 Å². The molecule has 82 heavy (non-hydrogen) atoms. The molecule has 0 amide bonds. The SMILES string of the molecule is CCCC/C=C\C/C=C\CCCCCCCC(=O)OCC(COC(=O)CCCCCCCCCCCCCCCCCCC/C=C\C/C=C\CCCCCCC)OC(=O)CCCCCCCCCCC/C=C\CCCCCCCCCC. The van der Waals surface area contributed by atoms with Crippen LogP contribution in [-0.2, 0) is 28.6 Å². The highest BCUT2D eigenvalue weighted by Crippen LogP contribution is 2.18. The molecule has 0 aromatic rings. The van der Waals surface area contributed by atoms with Gasteiger partial charge in [-0.1, -0.05) is 326 Å². The summed E-state index contributed by atoms with van der Waals surface area (Å²) < 4.78 is 17.0. The predicted octanol–water partition coefficient (Wildman–Crippen LogP) is 25.1. The van der Waals surface area contributed by atoms with Gasteiger partial charge in [0, 0.05) is 19.3 Å². The van der Waals surface area contributed by atoms with E-state index in [0.29, 0.717) is 19.3 Å². The van der Waals surface area contributed by atoms with Gasteiger partial charge in [-0.2, -0.15) is 0 Å². The van der Waals surface area contributed by atoms with E-state index < -0.39 is 6.10 Å². The third kappa shape index (κ3) is 67.9. The van der Waals surface area contributed by atoms with Crippen molar-refractivity contribution in [2.75, 3.05) is 13.2 Å². The molecule has 0 aromatic carbocycles. The van der Waals surface area contributed by atoms with Crippen molar-refractivity contribution in [3.63, 3.8) is 0 Å². The normalized spacial score (nSPS) is 12.4. The molecule has 1 unspecified atom stereocenters. The highest BCUT2D eigenvalue weighted by molar-refractivity contribution is 5.71. The lowest BCUT2D eigenvalue weighted by atomic mass is 10.0. The van der Waals surface area contributed by atoms with Crippen LogP contribution in [0.3, 0.4) is 0 Å². The smallest absolute Gasteiger partial charge is 0.306 e. The highest BCUT2D eigenvalue weighted by Gasteiger charge is 2.19. The number of hydrogen-bond acceptors (Lipinski definition) is 6. The number of carbonyl (C=O) groups excluding carboxylic acids is 3. The second-order valence-corrected chi connectivity index (χ2v) is 24.5. The Hall–Kier alpha value is -2.89. The second kappa shape index (κ2) is 70.6. The summed E-state index contributed by atoms with van der Waals surface area (Å²) in [6.07, 6.45) is 91.1. The molecule has 6 heteroatoms. The van der Waals surface area contributed by atoms with Crippen LogP contribution >= 0.6 is 0 Å². The highest BCUT2D eigenvalue weighted by atomic mass is 16.6. The lowest BCUT2D eigenvalue weighted by Crippen LogP contribution is -2.30. The molecule has 0 radical (unpaired) electrons. The Morgan fingerprint density at radius 2 is 0.451 bits per heavy atom. The molecule has 0 aliphatic carbocycles. The average Bonchev–Trinajstić information content (AvgIpc) is 3.48. The maximum atomic E-state index is 13.0. The Balaban J connectivity index is 4.23. The van der Waals surface area contributed by atoms with E-state index in [4.69, 9.17) is 14.2 Å². The zero-order chi connectivity index (χ0) is 59.2. The molecule has 6 nitrogen and oxygen atoms in total. The summed E-state index contributed by atoms with van der Waals surface area (Å²) in [5, 5.41) is 0. The summed E-state index contributed by atoms with van der Waals surface area (Å²) in [5.74, 6) is -0.869. The van der Waals surface area contributed by atoms with E-state index in [-0.39, 0.29) is 31.1 Å². The van der Waals surface area contributed by atoms with Gasteiger partial charge in [-0.25, -0.2) is 0 Å². The summed E-state index contributed by atoms with van der Waals surface area (Å²) in [5.41, 5.74) is 0. The fraction of sp³-hybridized carbons (Fsp3) is 0.829. The van der Waals surface area contributed by atoms with Crippen LogP contribution in [0.25, 0.3) is 0 Å². The standard InChI is InChI=1S/C76H138O6/c1-4-7-10-13-16-19-22-25-28-30-32-34-35-36-37-38-39-40-41-43-44-46-48-51-54-57-60-63-66-69-75(78)81-72-73(71-80-74(77)68-65-62-59-56-53-50-27-24-21-18-15-12-9-6-3)82-76(79)70-67-64-61-58-55-52-49-47-45-42-33-31-29-26-23-20-17-14-11-8-5-2/h15,18,22,24-25,27,30-33,73H,4-14,16-17,19-21,23,26,28-29,34-72H2,1-3H3/b18-15-,25-22-,27-24-,32-30-,33-31-. The lowest BCUT2D eigenvalue weighted by molar-refractivity contribution is -0.167. The van der Waals surface area contributed by atoms with E-state index in [0.717, 1.165) is 83.5 Å². The Morgan fingerprint density at radius 1 is 0.244 bits per heavy atom. The lowest BCUT2D eigenvalue weighted by Gasteiger charge is -2.18. The van der Waals surface area contributed by atoms with Crippen LogP contribution in [0.2, 0.25) is 0 Å². The zero-order valence-corrected chi connectivity index (χ0v) is 55.0. The molecule has 0 spiro atoms. The van der Waals surface area contributed by atoms with Gasteiger partial charge in [0.15, 0.2) is 6.10 Å². The average molecular weight is 1150 g/mol. The van der Waals surface area contributed by atoms with Crippen molar-refractivity contribution in [1.29, 1.82) is 0 Å². The Labute approximate surface area is 510 Å². The first-order valence-corrected chi connectivity index (χ1v) is 36.3. The van der Waals surface area contributed by atoms with Crippen molar-refractivity contribution in [1.82, 2.24) is 0 Å². The van der Waals surface area contributed by atoms with E-state index >= 15 is 0 Å². The topological polar surface area (TPSA) is 78.9 Å².